The Balaban J connectivity index is 2.41. The van der Waals surface area contributed by atoms with Crippen LogP contribution in [0.2, 0.25) is 0 Å². The Bertz CT molecular complexity index is 730. The molecule has 0 saturated heterocycles. The zero-order valence-electron chi connectivity index (χ0n) is 14.0. The van der Waals surface area contributed by atoms with Crippen LogP contribution < -0.4 is 10.6 Å². The largest absolute Gasteiger partial charge is 0.433 e. The molecular weight excluding hydrogens is 337 g/mol. The number of alkyl halides is 3. The molecule has 25 heavy (non-hydrogen) atoms. The summed E-state index contributed by atoms with van der Waals surface area (Å²) in [5.74, 6) is 0.322. The van der Waals surface area contributed by atoms with Gasteiger partial charge in [-0.3, -0.25) is 0 Å². The first-order valence-electron chi connectivity index (χ1n) is 7.59. The van der Waals surface area contributed by atoms with Crippen LogP contribution in [0.15, 0.2) is 18.2 Å². The Kier molecular flexibility index (Phi) is 5.41. The third kappa shape index (κ3) is 5.52. The summed E-state index contributed by atoms with van der Waals surface area (Å²) in [6.07, 6.45) is -4.56. The quantitative estimate of drug-likeness (QED) is 0.732. The monoisotopic (exact) mass is 356 g/mol. The molecule has 0 spiro atoms. The number of anilines is 2. The zero-order valence-corrected chi connectivity index (χ0v) is 14.0. The molecule has 0 aliphatic heterocycles. The molecule has 2 aromatic heterocycles. The summed E-state index contributed by atoms with van der Waals surface area (Å²) in [6, 6.07) is 3.51. The Morgan fingerprint density at radius 3 is 2.20 bits per heavy atom. The smallest absolute Gasteiger partial charge is 0.389 e. The number of pyridine rings is 1. The van der Waals surface area contributed by atoms with Crippen molar-refractivity contribution < 1.29 is 18.3 Å². The minimum absolute atomic E-state index is 0.00436. The summed E-state index contributed by atoms with van der Waals surface area (Å²) in [7, 11) is 0. The molecule has 136 valence electrons. The van der Waals surface area contributed by atoms with Crippen molar-refractivity contribution in [3.8, 4) is 11.5 Å². The molecule has 2 rings (SSSR count). The van der Waals surface area contributed by atoms with Crippen LogP contribution in [-0.2, 0) is 6.18 Å². The van der Waals surface area contributed by atoms with Crippen LogP contribution >= 0.6 is 0 Å². The van der Waals surface area contributed by atoms with Gasteiger partial charge in [-0.2, -0.15) is 28.1 Å². The molecule has 0 aliphatic rings. The molecule has 10 heteroatoms. The molecule has 2 aromatic rings. The maximum Gasteiger partial charge on any atom is 0.433 e. The fourth-order valence-electron chi connectivity index (χ4n) is 1.82. The lowest BCUT2D eigenvalue weighted by molar-refractivity contribution is -0.141. The van der Waals surface area contributed by atoms with Crippen LogP contribution in [0.25, 0.3) is 11.5 Å². The Hall–Kier alpha value is -2.49. The molecule has 0 amide bonds. The van der Waals surface area contributed by atoms with E-state index in [-0.39, 0.29) is 30.0 Å². The van der Waals surface area contributed by atoms with Gasteiger partial charge in [0.05, 0.1) is 5.60 Å². The van der Waals surface area contributed by atoms with E-state index in [0.29, 0.717) is 6.54 Å². The molecule has 0 atom stereocenters. The third-order valence-corrected chi connectivity index (χ3v) is 2.92. The van der Waals surface area contributed by atoms with Crippen LogP contribution in [-0.4, -0.2) is 43.7 Å². The number of hydrogen-bond donors (Lipinski definition) is 3. The van der Waals surface area contributed by atoms with Gasteiger partial charge in [0.15, 0.2) is 5.82 Å². The number of rotatable bonds is 6. The van der Waals surface area contributed by atoms with E-state index in [0.717, 1.165) is 6.07 Å². The van der Waals surface area contributed by atoms with Gasteiger partial charge in [0.1, 0.15) is 11.4 Å². The third-order valence-electron chi connectivity index (χ3n) is 2.92. The molecule has 0 fully saturated rings. The van der Waals surface area contributed by atoms with Crippen LogP contribution in [0, 0.1) is 0 Å². The van der Waals surface area contributed by atoms with Crippen LogP contribution in [0.4, 0.5) is 25.1 Å². The summed E-state index contributed by atoms with van der Waals surface area (Å²) < 4.78 is 38.5. The number of hydrogen-bond acceptors (Lipinski definition) is 7. The average Bonchev–Trinajstić information content (AvgIpc) is 2.52. The van der Waals surface area contributed by atoms with E-state index >= 15 is 0 Å². The van der Waals surface area contributed by atoms with Crippen LogP contribution in [0.3, 0.4) is 0 Å². The molecular formula is C15H19F3N6O. The summed E-state index contributed by atoms with van der Waals surface area (Å²) in [6.45, 7) is 5.70. The second-order valence-electron chi connectivity index (χ2n) is 5.91. The summed E-state index contributed by atoms with van der Waals surface area (Å²) in [5, 5.41) is 15.5. The standard InChI is InChI=1S/C15H19F3N6O/c1-4-19-12-22-11(23-13(24-12)20-8-14(2,3)25)9-6-5-7-10(21-9)15(16,17)18/h5-7,25H,4,8H2,1-3H3,(H2,19,20,22,23,24). The fourth-order valence-corrected chi connectivity index (χ4v) is 1.82. The molecule has 0 aromatic carbocycles. The molecule has 0 aliphatic carbocycles. The number of aromatic nitrogens is 4. The number of halogens is 3. The number of aliphatic hydroxyl groups is 1. The first-order chi connectivity index (χ1) is 11.6. The molecule has 0 radical (unpaired) electrons. The maximum absolute atomic E-state index is 12.8. The number of nitrogens with zero attached hydrogens (tertiary/aromatic N) is 4. The Morgan fingerprint density at radius 2 is 1.64 bits per heavy atom. The first kappa shape index (κ1) is 18.8. The van der Waals surface area contributed by atoms with Gasteiger partial charge in [-0.05, 0) is 32.9 Å². The minimum atomic E-state index is -4.56. The SMILES string of the molecule is CCNc1nc(NCC(C)(C)O)nc(-c2cccc(C(F)(F)F)n2)n1. The van der Waals surface area contributed by atoms with Crippen LogP contribution in [0.5, 0.6) is 0 Å². The van der Waals surface area contributed by atoms with Crippen molar-refractivity contribution in [3.05, 3.63) is 23.9 Å². The predicted molar refractivity (Wildman–Crippen MR) is 87.0 cm³/mol. The highest BCUT2D eigenvalue weighted by atomic mass is 19.4. The first-order valence-corrected chi connectivity index (χ1v) is 7.59. The minimum Gasteiger partial charge on any atom is -0.389 e. The van der Waals surface area contributed by atoms with Crippen molar-refractivity contribution in [1.82, 2.24) is 19.9 Å². The highest BCUT2D eigenvalue weighted by molar-refractivity contribution is 5.54. The second kappa shape index (κ2) is 7.18. The highest BCUT2D eigenvalue weighted by Gasteiger charge is 2.32. The van der Waals surface area contributed by atoms with Crippen molar-refractivity contribution in [2.24, 2.45) is 0 Å². The maximum atomic E-state index is 12.8. The van der Waals surface area contributed by atoms with Crippen molar-refractivity contribution in [3.63, 3.8) is 0 Å². The van der Waals surface area contributed by atoms with Gasteiger partial charge < -0.3 is 15.7 Å². The van der Waals surface area contributed by atoms with E-state index in [2.05, 4.69) is 30.6 Å². The lowest BCUT2D eigenvalue weighted by Gasteiger charge is -2.18. The molecule has 2 heterocycles. The summed E-state index contributed by atoms with van der Waals surface area (Å²) >= 11 is 0. The van der Waals surface area contributed by atoms with Gasteiger partial charge in [0.25, 0.3) is 0 Å². The lowest BCUT2D eigenvalue weighted by atomic mass is 10.1. The number of nitrogens with one attached hydrogen (secondary N) is 2. The fraction of sp³-hybridized carbons (Fsp3) is 0.467. The molecule has 3 N–H and O–H groups in total. The van der Waals surface area contributed by atoms with Crippen molar-refractivity contribution in [1.29, 1.82) is 0 Å². The second-order valence-corrected chi connectivity index (χ2v) is 5.91. The van der Waals surface area contributed by atoms with E-state index in [1.807, 2.05) is 6.92 Å². The zero-order chi connectivity index (χ0) is 18.7. The topological polar surface area (TPSA) is 95.9 Å². The van der Waals surface area contributed by atoms with E-state index in [4.69, 9.17) is 0 Å². The summed E-state index contributed by atoms with van der Waals surface area (Å²) in [5.41, 5.74) is -2.07. The Labute approximate surface area is 142 Å². The van der Waals surface area contributed by atoms with E-state index in [1.54, 1.807) is 13.8 Å². The van der Waals surface area contributed by atoms with Gasteiger partial charge in [-0.25, -0.2) is 4.98 Å². The van der Waals surface area contributed by atoms with E-state index in [1.165, 1.54) is 12.1 Å². The van der Waals surface area contributed by atoms with Gasteiger partial charge in [-0.1, -0.05) is 6.07 Å². The van der Waals surface area contributed by atoms with E-state index < -0.39 is 17.5 Å². The predicted octanol–water partition coefficient (Wildman–Crippen LogP) is 2.57. The molecule has 0 unspecified atom stereocenters. The molecule has 0 bridgehead atoms. The van der Waals surface area contributed by atoms with Gasteiger partial charge in [-0.15, -0.1) is 0 Å². The van der Waals surface area contributed by atoms with Crippen molar-refractivity contribution >= 4 is 11.9 Å². The highest BCUT2D eigenvalue weighted by Crippen LogP contribution is 2.29. The van der Waals surface area contributed by atoms with Crippen molar-refractivity contribution in [2.75, 3.05) is 23.7 Å². The normalized spacial score (nSPS) is 12.1. The summed E-state index contributed by atoms with van der Waals surface area (Å²) in [4.78, 5) is 15.9. The lowest BCUT2D eigenvalue weighted by Crippen LogP contribution is -2.30. The molecule has 0 saturated carbocycles. The molecule has 7 nitrogen and oxygen atoms in total. The average molecular weight is 356 g/mol. The Morgan fingerprint density at radius 1 is 1.00 bits per heavy atom. The van der Waals surface area contributed by atoms with Crippen LogP contribution in [0.1, 0.15) is 26.5 Å². The van der Waals surface area contributed by atoms with Gasteiger partial charge in [0.2, 0.25) is 11.9 Å². The van der Waals surface area contributed by atoms with Crippen molar-refractivity contribution in [2.45, 2.75) is 32.5 Å². The van der Waals surface area contributed by atoms with Gasteiger partial charge >= 0.3 is 6.18 Å². The van der Waals surface area contributed by atoms with Gasteiger partial charge in [0, 0.05) is 13.1 Å². The van der Waals surface area contributed by atoms with E-state index in [9.17, 15) is 18.3 Å².